The molecule has 0 spiro atoms. The SMILES string of the molecule is N#Cc1ccc(Cn2nc(-c3ccoc3)oc2=O)cc1. The maximum absolute atomic E-state index is 11.7. The first-order chi connectivity index (χ1) is 9.76. The highest BCUT2D eigenvalue weighted by atomic mass is 16.4. The highest BCUT2D eigenvalue weighted by Gasteiger charge is 2.11. The van der Waals surface area contributed by atoms with Crippen LogP contribution in [0.3, 0.4) is 0 Å². The fourth-order valence-corrected chi connectivity index (χ4v) is 1.77. The summed E-state index contributed by atoms with van der Waals surface area (Å²) in [6.07, 6.45) is 2.94. The average Bonchev–Trinajstić information content (AvgIpc) is 3.10. The molecule has 0 saturated heterocycles. The van der Waals surface area contributed by atoms with Crippen molar-refractivity contribution >= 4 is 0 Å². The monoisotopic (exact) mass is 267 g/mol. The second kappa shape index (κ2) is 4.90. The maximum atomic E-state index is 11.7. The van der Waals surface area contributed by atoms with Crippen molar-refractivity contribution in [3.05, 3.63) is 64.5 Å². The Hall–Kier alpha value is -3.07. The predicted molar refractivity (Wildman–Crippen MR) is 68.7 cm³/mol. The number of rotatable bonds is 3. The molecule has 2 aromatic heterocycles. The lowest BCUT2D eigenvalue weighted by molar-refractivity contribution is 0.494. The van der Waals surface area contributed by atoms with Gasteiger partial charge in [-0.3, -0.25) is 0 Å². The standard InChI is InChI=1S/C14H9N3O3/c15-7-10-1-3-11(4-2-10)8-17-14(18)20-13(16-17)12-5-6-19-9-12/h1-6,9H,8H2. The summed E-state index contributed by atoms with van der Waals surface area (Å²) in [5, 5.41) is 12.8. The zero-order valence-electron chi connectivity index (χ0n) is 10.3. The quantitative estimate of drug-likeness (QED) is 0.724. The van der Waals surface area contributed by atoms with Gasteiger partial charge in [-0.15, -0.1) is 5.10 Å². The molecular weight excluding hydrogens is 258 g/mol. The molecule has 0 N–H and O–H groups in total. The Labute approximate surface area is 113 Å². The molecule has 0 aliphatic rings. The van der Waals surface area contributed by atoms with Crippen molar-refractivity contribution in [2.45, 2.75) is 6.54 Å². The lowest BCUT2D eigenvalue weighted by Gasteiger charge is -1.99. The summed E-state index contributed by atoms with van der Waals surface area (Å²) >= 11 is 0. The highest BCUT2D eigenvalue weighted by molar-refractivity contribution is 5.49. The molecule has 0 amide bonds. The summed E-state index contributed by atoms with van der Waals surface area (Å²) < 4.78 is 11.2. The summed E-state index contributed by atoms with van der Waals surface area (Å²) in [6.45, 7) is 0.284. The molecule has 3 aromatic rings. The molecule has 98 valence electrons. The first-order valence-electron chi connectivity index (χ1n) is 5.86. The highest BCUT2D eigenvalue weighted by Crippen LogP contribution is 2.15. The van der Waals surface area contributed by atoms with Gasteiger partial charge in [-0.1, -0.05) is 12.1 Å². The van der Waals surface area contributed by atoms with Crippen molar-refractivity contribution in [3.63, 3.8) is 0 Å². The number of benzene rings is 1. The Bertz CT molecular complexity index is 805. The number of nitriles is 1. The minimum Gasteiger partial charge on any atom is -0.472 e. The van der Waals surface area contributed by atoms with Gasteiger partial charge in [0.1, 0.15) is 6.26 Å². The molecule has 6 nitrogen and oxygen atoms in total. The van der Waals surface area contributed by atoms with Crippen LogP contribution in [-0.4, -0.2) is 9.78 Å². The van der Waals surface area contributed by atoms with E-state index < -0.39 is 5.76 Å². The largest absolute Gasteiger partial charge is 0.472 e. The zero-order valence-corrected chi connectivity index (χ0v) is 10.3. The molecule has 0 saturated carbocycles. The van der Waals surface area contributed by atoms with Crippen LogP contribution >= 0.6 is 0 Å². The number of furan rings is 1. The van der Waals surface area contributed by atoms with E-state index >= 15 is 0 Å². The van der Waals surface area contributed by atoms with Gasteiger partial charge in [0.05, 0.1) is 30.0 Å². The summed E-state index contributed by atoms with van der Waals surface area (Å²) in [5.74, 6) is -0.317. The summed E-state index contributed by atoms with van der Waals surface area (Å²) in [7, 11) is 0. The van der Waals surface area contributed by atoms with E-state index in [0.29, 0.717) is 11.1 Å². The van der Waals surface area contributed by atoms with Crippen LogP contribution < -0.4 is 5.76 Å². The van der Waals surface area contributed by atoms with Crippen molar-refractivity contribution in [2.24, 2.45) is 0 Å². The van der Waals surface area contributed by atoms with Crippen LogP contribution in [0, 0.1) is 11.3 Å². The molecule has 2 heterocycles. The number of hydrogen-bond acceptors (Lipinski definition) is 5. The fourth-order valence-electron chi connectivity index (χ4n) is 1.77. The van der Waals surface area contributed by atoms with Gasteiger partial charge in [0, 0.05) is 0 Å². The van der Waals surface area contributed by atoms with E-state index in [2.05, 4.69) is 5.10 Å². The van der Waals surface area contributed by atoms with Gasteiger partial charge < -0.3 is 8.83 Å². The Morgan fingerprint density at radius 3 is 2.70 bits per heavy atom. The molecule has 20 heavy (non-hydrogen) atoms. The Morgan fingerprint density at radius 2 is 2.05 bits per heavy atom. The number of aromatic nitrogens is 2. The third-order valence-electron chi connectivity index (χ3n) is 2.79. The van der Waals surface area contributed by atoms with E-state index in [1.54, 1.807) is 30.3 Å². The number of hydrogen-bond donors (Lipinski definition) is 0. The molecular formula is C14H9N3O3. The first kappa shape index (κ1) is 12.0. The molecule has 0 fully saturated rings. The minimum absolute atomic E-state index is 0.220. The fraction of sp³-hybridized carbons (Fsp3) is 0.0714. The van der Waals surface area contributed by atoms with Gasteiger partial charge in [-0.2, -0.15) is 9.94 Å². The zero-order chi connectivity index (χ0) is 13.9. The van der Waals surface area contributed by atoms with E-state index in [9.17, 15) is 4.79 Å². The topological polar surface area (TPSA) is 85.0 Å². The third kappa shape index (κ3) is 2.24. The maximum Gasteiger partial charge on any atom is 0.437 e. The van der Waals surface area contributed by atoms with E-state index in [0.717, 1.165) is 5.56 Å². The number of nitrogens with zero attached hydrogens (tertiary/aromatic N) is 3. The average molecular weight is 267 g/mol. The molecule has 1 aromatic carbocycles. The summed E-state index contributed by atoms with van der Waals surface area (Å²) in [6, 6.07) is 10.6. The van der Waals surface area contributed by atoms with Crippen molar-refractivity contribution in [2.75, 3.05) is 0 Å². The second-order valence-electron chi connectivity index (χ2n) is 4.15. The van der Waals surface area contributed by atoms with Crippen molar-refractivity contribution < 1.29 is 8.83 Å². The van der Waals surface area contributed by atoms with Crippen molar-refractivity contribution in [1.82, 2.24) is 9.78 Å². The molecule has 0 aliphatic carbocycles. The van der Waals surface area contributed by atoms with Crippen LogP contribution in [-0.2, 0) is 6.54 Å². The molecule has 3 rings (SSSR count). The van der Waals surface area contributed by atoms with E-state index in [-0.39, 0.29) is 12.4 Å². The van der Waals surface area contributed by atoms with Gasteiger partial charge in [0.15, 0.2) is 0 Å². The van der Waals surface area contributed by atoms with Gasteiger partial charge >= 0.3 is 5.76 Å². The molecule has 0 atom stereocenters. The van der Waals surface area contributed by atoms with Crippen molar-refractivity contribution in [1.29, 1.82) is 5.26 Å². The minimum atomic E-state index is -0.537. The van der Waals surface area contributed by atoms with Gasteiger partial charge in [-0.05, 0) is 23.8 Å². The molecule has 0 bridgehead atoms. The van der Waals surface area contributed by atoms with Crippen LogP contribution in [0.1, 0.15) is 11.1 Å². The van der Waals surface area contributed by atoms with Crippen LogP contribution in [0.2, 0.25) is 0 Å². The lowest BCUT2D eigenvalue weighted by Crippen LogP contribution is -2.16. The molecule has 0 aliphatic heterocycles. The molecule has 0 radical (unpaired) electrons. The third-order valence-corrected chi connectivity index (χ3v) is 2.79. The molecule has 6 heteroatoms. The first-order valence-corrected chi connectivity index (χ1v) is 5.86. The molecule has 0 unspecified atom stereocenters. The normalized spacial score (nSPS) is 10.3. The summed E-state index contributed by atoms with van der Waals surface area (Å²) in [4.78, 5) is 11.7. The smallest absolute Gasteiger partial charge is 0.437 e. The summed E-state index contributed by atoms with van der Waals surface area (Å²) in [5.41, 5.74) is 2.04. The van der Waals surface area contributed by atoms with Crippen molar-refractivity contribution in [3.8, 4) is 17.5 Å². The Kier molecular flexibility index (Phi) is 2.94. The van der Waals surface area contributed by atoms with Crippen LogP contribution in [0.25, 0.3) is 11.5 Å². The van der Waals surface area contributed by atoms with E-state index in [4.69, 9.17) is 14.1 Å². The van der Waals surface area contributed by atoms with Gasteiger partial charge in [-0.25, -0.2) is 4.79 Å². The lowest BCUT2D eigenvalue weighted by atomic mass is 10.1. The van der Waals surface area contributed by atoms with Crippen LogP contribution in [0.4, 0.5) is 0 Å². The van der Waals surface area contributed by atoms with Crippen LogP contribution in [0.5, 0.6) is 0 Å². The van der Waals surface area contributed by atoms with E-state index in [1.807, 2.05) is 6.07 Å². The van der Waals surface area contributed by atoms with Gasteiger partial charge in [0.25, 0.3) is 5.89 Å². The predicted octanol–water partition coefficient (Wildman–Crippen LogP) is 2.02. The van der Waals surface area contributed by atoms with Crippen LogP contribution in [0.15, 0.2) is 56.5 Å². The Balaban J connectivity index is 1.87. The van der Waals surface area contributed by atoms with E-state index in [1.165, 1.54) is 17.2 Å². The second-order valence-corrected chi connectivity index (χ2v) is 4.15. The van der Waals surface area contributed by atoms with Gasteiger partial charge in [0.2, 0.25) is 0 Å². The Morgan fingerprint density at radius 1 is 1.25 bits per heavy atom.